The first-order chi connectivity index (χ1) is 9.56. The molecule has 1 aromatic carbocycles. The van der Waals surface area contributed by atoms with Crippen molar-refractivity contribution >= 4 is 29.1 Å². The number of aliphatic carboxylic acids is 1. The SMILES string of the molecule is Cc1ccc(-c2nc(CSC[C@@H](N)C(=O)O)cs2)cc1. The van der Waals surface area contributed by atoms with Gasteiger partial charge >= 0.3 is 5.97 Å². The second-order valence-corrected chi connectivity index (χ2v) is 6.36. The first kappa shape index (κ1) is 15.0. The van der Waals surface area contributed by atoms with Crippen molar-refractivity contribution in [2.45, 2.75) is 18.7 Å². The summed E-state index contributed by atoms with van der Waals surface area (Å²) in [6.07, 6.45) is 0. The number of hydrogen-bond donors (Lipinski definition) is 2. The number of carbonyl (C=O) groups is 1. The maximum absolute atomic E-state index is 10.6. The van der Waals surface area contributed by atoms with Gasteiger partial charge in [-0.3, -0.25) is 4.79 Å². The second kappa shape index (κ2) is 6.88. The maximum Gasteiger partial charge on any atom is 0.321 e. The van der Waals surface area contributed by atoms with Crippen molar-refractivity contribution in [3.8, 4) is 10.6 Å². The number of thioether (sulfide) groups is 1. The highest BCUT2D eigenvalue weighted by molar-refractivity contribution is 7.98. The molecule has 1 atom stereocenters. The Morgan fingerprint density at radius 2 is 2.15 bits per heavy atom. The van der Waals surface area contributed by atoms with Crippen LogP contribution in [0.5, 0.6) is 0 Å². The van der Waals surface area contributed by atoms with Crippen LogP contribution in [-0.4, -0.2) is 27.9 Å². The van der Waals surface area contributed by atoms with E-state index in [4.69, 9.17) is 10.8 Å². The molecule has 0 spiro atoms. The molecule has 0 aliphatic rings. The summed E-state index contributed by atoms with van der Waals surface area (Å²) in [5.41, 5.74) is 8.75. The van der Waals surface area contributed by atoms with Crippen molar-refractivity contribution in [2.24, 2.45) is 5.73 Å². The molecule has 0 saturated carbocycles. The molecule has 3 N–H and O–H groups in total. The van der Waals surface area contributed by atoms with E-state index in [9.17, 15) is 4.79 Å². The summed E-state index contributed by atoms with van der Waals surface area (Å²) < 4.78 is 0. The average molecular weight is 308 g/mol. The predicted octanol–water partition coefficient (Wildman–Crippen LogP) is 2.76. The highest BCUT2D eigenvalue weighted by Crippen LogP contribution is 2.25. The molecule has 0 unspecified atom stereocenters. The normalized spacial score (nSPS) is 12.3. The lowest BCUT2D eigenvalue weighted by molar-refractivity contribution is -0.137. The third-order valence-electron chi connectivity index (χ3n) is 2.71. The van der Waals surface area contributed by atoms with Crippen LogP contribution in [0.25, 0.3) is 10.6 Å². The van der Waals surface area contributed by atoms with E-state index in [1.165, 1.54) is 17.3 Å². The van der Waals surface area contributed by atoms with Crippen molar-refractivity contribution in [1.82, 2.24) is 4.98 Å². The second-order valence-electron chi connectivity index (χ2n) is 4.47. The van der Waals surface area contributed by atoms with Crippen molar-refractivity contribution in [2.75, 3.05) is 5.75 Å². The Hall–Kier alpha value is -1.37. The molecule has 4 nitrogen and oxygen atoms in total. The summed E-state index contributed by atoms with van der Waals surface area (Å²) in [5.74, 6) is 0.118. The highest BCUT2D eigenvalue weighted by atomic mass is 32.2. The van der Waals surface area contributed by atoms with E-state index < -0.39 is 12.0 Å². The van der Waals surface area contributed by atoms with Crippen molar-refractivity contribution in [3.05, 3.63) is 40.9 Å². The van der Waals surface area contributed by atoms with Gasteiger partial charge in [-0.2, -0.15) is 11.8 Å². The summed E-state index contributed by atoms with van der Waals surface area (Å²) in [4.78, 5) is 15.2. The summed E-state index contributed by atoms with van der Waals surface area (Å²) in [6, 6.07) is 7.44. The monoisotopic (exact) mass is 308 g/mol. The largest absolute Gasteiger partial charge is 0.480 e. The van der Waals surface area contributed by atoms with Crippen LogP contribution < -0.4 is 5.73 Å². The van der Waals surface area contributed by atoms with Gasteiger partial charge in [0.15, 0.2) is 0 Å². The van der Waals surface area contributed by atoms with Gasteiger partial charge in [0.05, 0.1) is 5.69 Å². The van der Waals surface area contributed by atoms with E-state index in [1.807, 2.05) is 5.38 Å². The first-order valence-corrected chi connectivity index (χ1v) is 8.17. The van der Waals surface area contributed by atoms with Crippen LogP contribution in [0.3, 0.4) is 0 Å². The van der Waals surface area contributed by atoms with Gasteiger partial charge in [0.25, 0.3) is 0 Å². The molecular formula is C14H16N2O2S2. The predicted molar refractivity (Wildman–Crippen MR) is 84.1 cm³/mol. The molecule has 0 aliphatic heterocycles. The molecule has 6 heteroatoms. The van der Waals surface area contributed by atoms with Gasteiger partial charge in [-0.05, 0) is 6.92 Å². The number of nitrogens with zero attached hydrogens (tertiary/aromatic N) is 1. The molecule has 0 amide bonds. The lowest BCUT2D eigenvalue weighted by Gasteiger charge is -2.04. The Morgan fingerprint density at radius 1 is 1.45 bits per heavy atom. The number of hydrogen-bond acceptors (Lipinski definition) is 5. The minimum Gasteiger partial charge on any atom is -0.480 e. The van der Waals surface area contributed by atoms with Gasteiger partial charge in [0.1, 0.15) is 11.0 Å². The molecule has 0 bridgehead atoms. The summed E-state index contributed by atoms with van der Waals surface area (Å²) in [6.45, 7) is 2.05. The number of thiazole rings is 1. The number of carboxylic acids is 1. The van der Waals surface area contributed by atoms with Gasteiger partial charge in [0, 0.05) is 22.4 Å². The van der Waals surface area contributed by atoms with Crippen LogP contribution in [0, 0.1) is 6.92 Å². The molecule has 0 aliphatic carbocycles. The minimum atomic E-state index is -0.962. The fourth-order valence-corrected chi connectivity index (χ4v) is 3.37. The summed E-state index contributed by atoms with van der Waals surface area (Å²) in [5, 5.41) is 11.7. The number of rotatable bonds is 6. The van der Waals surface area contributed by atoms with Gasteiger partial charge in [-0.25, -0.2) is 4.98 Å². The first-order valence-electron chi connectivity index (χ1n) is 6.14. The van der Waals surface area contributed by atoms with Crippen LogP contribution in [0.15, 0.2) is 29.6 Å². The van der Waals surface area contributed by atoms with Crippen LogP contribution in [-0.2, 0) is 10.5 Å². The van der Waals surface area contributed by atoms with Crippen LogP contribution in [0.1, 0.15) is 11.3 Å². The van der Waals surface area contributed by atoms with E-state index in [-0.39, 0.29) is 0 Å². The average Bonchev–Trinajstić information content (AvgIpc) is 2.88. The standard InChI is InChI=1S/C14H16N2O2S2/c1-9-2-4-10(5-3-9)13-16-11(7-20-13)6-19-8-12(15)14(17)18/h2-5,7,12H,6,8,15H2,1H3,(H,17,18)/t12-/m1/s1. The van der Waals surface area contributed by atoms with Crippen molar-refractivity contribution in [3.63, 3.8) is 0 Å². The zero-order valence-electron chi connectivity index (χ0n) is 11.1. The smallest absolute Gasteiger partial charge is 0.321 e. The maximum atomic E-state index is 10.6. The topological polar surface area (TPSA) is 76.2 Å². The van der Waals surface area contributed by atoms with Crippen molar-refractivity contribution in [1.29, 1.82) is 0 Å². The third kappa shape index (κ3) is 4.06. The molecule has 1 aromatic heterocycles. The summed E-state index contributed by atoms with van der Waals surface area (Å²) in [7, 11) is 0. The third-order valence-corrected chi connectivity index (χ3v) is 4.75. The molecule has 1 heterocycles. The van der Waals surface area contributed by atoms with Gasteiger partial charge < -0.3 is 10.8 Å². The fraction of sp³-hybridized carbons (Fsp3) is 0.286. The Balaban J connectivity index is 1.92. The van der Waals surface area contributed by atoms with E-state index >= 15 is 0 Å². The lowest BCUT2D eigenvalue weighted by Crippen LogP contribution is -2.32. The molecular weight excluding hydrogens is 292 g/mol. The molecule has 106 valence electrons. The quantitative estimate of drug-likeness (QED) is 0.858. The molecule has 0 saturated heterocycles. The number of benzene rings is 1. The minimum absolute atomic E-state index is 0.396. The van der Waals surface area contributed by atoms with Gasteiger partial charge in [-0.15, -0.1) is 11.3 Å². The van der Waals surface area contributed by atoms with Crippen molar-refractivity contribution < 1.29 is 9.90 Å². The molecule has 0 radical (unpaired) electrons. The zero-order chi connectivity index (χ0) is 14.5. The Labute approximate surface area is 126 Å². The van der Waals surface area contributed by atoms with Crippen LogP contribution >= 0.6 is 23.1 Å². The zero-order valence-corrected chi connectivity index (χ0v) is 12.7. The van der Waals surface area contributed by atoms with Crippen LogP contribution in [0.2, 0.25) is 0 Å². The highest BCUT2D eigenvalue weighted by Gasteiger charge is 2.11. The molecule has 2 aromatic rings. The molecule has 0 fully saturated rings. The van der Waals surface area contributed by atoms with Gasteiger partial charge in [0.2, 0.25) is 0 Å². The Kier molecular flexibility index (Phi) is 5.17. The Bertz CT molecular complexity index is 581. The lowest BCUT2D eigenvalue weighted by atomic mass is 10.2. The number of carboxylic acid groups (broad SMARTS) is 1. The van der Waals surface area contributed by atoms with E-state index in [2.05, 4.69) is 36.2 Å². The fourth-order valence-electron chi connectivity index (χ4n) is 1.56. The van der Waals surface area contributed by atoms with E-state index in [0.717, 1.165) is 16.3 Å². The van der Waals surface area contributed by atoms with E-state index in [0.29, 0.717) is 11.5 Å². The molecule has 2 rings (SSSR count). The van der Waals surface area contributed by atoms with Crippen LogP contribution in [0.4, 0.5) is 0 Å². The summed E-state index contributed by atoms with van der Waals surface area (Å²) >= 11 is 3.09. The Morgan fingerprint density at radius 3 is 2.80 bits per heavy atom. The van der Waals surface area contributed by atoms with E-state index in [1.54, 1.807) is 11.3 Å². The number of nitrogens with two attached hydrogens (primary N) is 1. The number of aromatic nitrogens is 1. The van der Waals surface area contributed by atoms with Gasteiger partial charge in [-0.1, -0.05) is 29.8 Å². The number of aryl methyl sites for hydroxylation is 1. The molecule has 20 heavy (non-hydrogen) atoms.